The molecule has 0 aromatic carbocycles. The first-order valence-electron chi connectivity index (χ1n) is 14.6. The van der Waals surface area contributed by atoms with Crippen molar-refractivity contribution in [3.05, 3.63) is 11.6 Å². The second kappa shape index (κ2) is 8.03. The molecule has 4 fully saturated rings. The second-order valence-corrected chi connectivity index (χ2v) is 15.5. The second-order valence-electron chi connectivity index (χ2n) is 15.5. The van der Waals surface area contributed by atoms with Crippen molar-refractivity contribution in [3.8, 4) is 0 Å². The van der Waals surface area contributed by atoms with E-state index < -0.39 is 34.6 Å². The normalized spacial score (nSPS) is 58.1. The number of aliphatic hydroxyl groups is 5. The van der Waals surface area contributed by atoms with Crippen LogP contribution in [0, 0.1) is 56.2 Å². The first-order chi connectivity index (χ1) is 16.6. The summed E-state index contributed by atoms with van der Waals surface area (Å²) in [6.45, 7) is 15.7. The molecule has 5 aliphatic carbocycles. The lowest BCUT2D eigenvalue weighted by molar-refractivity contribution is -0.245. The van der Waals surface area contributed by atoms with Crippen molar-refractivity contribution in [2.75, 3.05) is 13.2 Å². The Kier molecular flexibility index (Phi) is 6.05. The van der Waals surface area contributed by atoms with Gasteiger partial charge in [-0.05, 0) is 90.3 Å². The van der Waals surface area contributed by atoms with E-state index >= 15 is 0 Å². The molecule has 5 N–H and O–H groups in total. The van der Waals surface area contributed by atoms with Crippen LogP contribution in [0.2, 0.25) is 0 Å². The predicted octanol–water partition coefficient (Wildman–Crippen LogP) is 4.30. The van der Waals surface area contributed by atoms with E-state index in [1.54, 1.807) is 0 Å². The third kappa shape index (κ3) is 2.96. The molecule has 5 heteroatoms. The Balaban J connectivity index is 1.63. The van der Waals surface area contributed by atoms with Gasteiger partial charge in [0.05, 0.1) is 31.5 Å². The third-order valence-corrected chi connectivity index (χ3v) is 13.9. The molecule has 36 heavy (non-hydrogen) atoms. The summed E-state index contributed by atoms with van der Waals surface area (Å²) >= 11 is 0. The minimum Gasteiger partial charge on any atom is -0.396 e. The Morgan fingerprint density at radius 3 is 2.11 bits per heavy atom. The van der Waals surface area contributed by atoms with E-state index in [1.807, 2.05) is 0 Å². The van der Waals surface area contributed by atoms with Gasteiger partial charge in [-0.1, -0.05) is 60.1 Å². The molecule has 0 saturated heterocycles. The fourth-order valence-electron chi connectivity index (χ4n) is 11.4. The smallest absolute Gasteiger partial charge is 0.0890 e. The van der Waals surface area contributed by atoms with Crippen LogP contribution in [0.3, 0.4) is 0 Å². The van der Waals surface area contributed by atoms with E-state index in [9.17, 15) is 25.5 Å². The van der Waals surface area contributed by atoms with Gasteiger partial charge in [0.15, 0.2) is 0 Å². The molecule has 0 aromatic heterocycles. The maximum Gasteiger partial charge on any atom is 0.0890 e. The van der Waals surface area contributed by atoms with Crippen LogP contribution >= 0.6 is 0 Å². The molecule has 0 amide bonds. The van der Waals surface area contributed by atoms with Gasteiger partial charge in [0.25, 0.3) is 0 Å². The number of fused-ring (bicyclic) bond motifs is 7. The van der Waals surface area contributed by atoms with Crippen molar-refractivity contribution in [1.29, 1.82) is 0 Å². The van der Waals surface area contributed by atoms with Crippen molar-refractivity contribution in [3.63, 3.8) is 0 Å². The molecular formula is C31H52O5. The summed E-state index contributed by atoms with van der Waals surface area (Å²) in [5.74, 6) is 0.867. The van der Waals surface area contributed by atoms with Gasteiger partial charge in [-0.15, -0.1) is 0 Å². The van der Waals surface area contributed by atoms with Crippen LogP contribution in [0.4, 0.5) is 0 Å². The molecule has 0 unspecified atom stereocenters. The predicted molar refractivity (Wildman–Crippen MR) is 141 cm³/mol. The van der Waals surface area contributed by atoms with Crippen molar-refractivity contribution < 1.29 is 25.5 Å². The zero-order chi connectivity index (χ0) is 26.7. The van der Waals surface area contributed by atoms with Gasteiger partial charge in [0, 0.05) is 10.8 Å². The Morgan fingerprint density at radius 1 is 0.833 bits per heavy atom. The van der Waals surface area contributed by atoms with Gasteiger partial charge in [0.2, 0.25) is 0 Å². The number of allylic oxidation sites excluding steroid dienone is 2. The quantitative estimate of drug-likeness (QED) is 0.361. The highest BCUT2D eigenvalue weighted by Crippen LogP contribution is 2.76. The summed E-state index contributed by atoms with van der Waals surface area (Å²) in [6.07, 6.45) is 6.68. The Hall–Kier alpha value is -0.460. The summed E-state index contributed by atoms with van der Waals surface area (Å²) in [5.41, 5.74) is -0.141. The SMILES string of the molecule is C[C@@H]1C[C@]2(C)C(=CC[C@@H]3[C@@]4(C)CC[C@H](O)[C@](C)(CO)[C@@H]4CC[C@]32C)[C@@H]2CC(C)(C)[C@@H](O)[C@H](O)[C@]12CO. The largest absolute Gasteiger partial charge is 0.396 e. The molecule has 0 radical (unpaired) electrons. The lowest BCUT2D eigenvalue weighted by Gasteiger charge is -2.73. The minimum absolute atomic E-state index is 0.0314. The zero-order valence-corrected chi connectivity index (χ0v) is 23.7. The highest BCUT2D eigenvalue weighted by Gasteiger charge is 2.71. The first kappa shape index (κ1) is 27.1. The molecule has 0 heterocycles. The van der Waals surface area contributed by atoms with E-state index in [1.165, 1.54) is 5.57 Å². The molecule has 0 aliphatic heterocycles. The molecule has 12 atom stereocenters. The van der Waals surface area contributed by atoms with Crippen molar-refractivity contribution >= 4 is 0 Å². The maximum atomic E-state index is 11.5. The lowest BCUT2D eigenvalue weighted by atomic mass is 9.32. The topological polar surface area (TPSA) is 101 Å². The van der Waals surface area contributed by atoms with E-state index in [0.717, 1.165) is 44.9 Å². The summed E-state index contributed by atoms with van der Waals surface area (Å²) in [6, 6.07) is 0. The molecule has 5 nitrogen and oxygen atoms in total. The van der Waals surface area contributed by atoms with Gasteiger partial charge in [-0.2, -0.15) is 0 Å². The van der Waals surface area contributed by atoms with Crippen LogP contribution in [-0.4, -0.2) is 57.1 Å². The van der Waals surface area contributed by atoms with Gasteiger partial charge in [-0.3, -0.25) is 0 Å². The molecule has 0 spiro atoms. The highest BCUT2D eigenvalue weighted by molar-refractivity contribution is 5.35. The van der Waals surface area contributed by atoms with Crippen LogP contribution in [0.25, 0.3) is 0 Å². The van der Waals surface area contributed by atoms with Crippen LogP contribution in [-0.2, 0) is 0 Å². The monoisotopic (exact) mass is 504 g/mol. The Morgan fingerprint density at radius 2 is 1.50 bits per heavy atom. The van der Waals surface area contributed by atoms with Gasteiger partial charge in [-0.25, -0.2) is 0 Å². The number of rotatable bonds is 2. The molecule has 4 saturated carbocycles. The number of aliphatic hydroxyl groups excluding tert-OH is 5. The van der Waals surface area contributed by atoms with Gasteiger partial charge >= 0.3 is 0 Å². The summed E-state index contributed by atoms with van der Waals surface area (Å²) in [7, 11) is 0. The average Bonchev–Trinajstić information content (AvgIpc) is 2.81. The van der Waals surface area contributed by atoms with Crippen LogP contribution < -0.4 is 0 Å². The Labute approximate surface area is 218 Å². The van der Waals surface area contributed by atoms with Gasteiger partial charge < -0.3 is 25.5 Å². The highest BCUT2D eigenvalue weighted by atomic mass is 16.3. The third-order valence-electron chi connectivity index (χ3n) is 13.9. The standard InChI is InChI=1S/C31H52O5/c1-18-14-30(7)19(20-15-26(2,3)24(35)25(36)31(18,20)17-33)8-9-22-27(4)12-11-23(34)28(5,16-32)21(27)10-13-29(22,30)6/h8,18,20-25,32-36H,9-17H2,1-7H3/t18-,20+,21-,22-,23+,24+,25+,27+,28-,29-,30-,31-/m1/s1. The summed E-state index contributed by atoms with van der Waals surface area (Å²) < 4.78 is 0. The first-order valence-corrected chi connectivity index (χ1v) is 14.6. The summed E-state index contributed by atoms with van der Waals surface area (Å²) in [5, 5.41) is 54.9. The summed E-state index contributed by atoms with van der Waals surface area (Å²) in [4.78, 5) is 0. The van der Waals surface area contributed by atoms with Crippen molar-refractivity contribution in [1.82, 2.24) is 0 Å². The van der Waals surface area contributed by atoms with Crippen LogP contribution in [0.1, 0.15) is 93.4 Å². The molecule has 206 valence electrons. The molecule has 5 aliphatic rings. The number of hydrogen-bond donors (Lipinski definition) is 5. The maximum absolute atomic E-state index is 11.5. The van der Waals surface area contributed by atoms with Crippen LogP contribution in [0.15, 0.2) is 11.6 Å². The molecular weight excluding hydrogens is 452 g/mol. The lowest BCUT2D eigenvalue weighted by Crippen LogP contribution is -2.70. The minimum atomic E-state index is -0.944. The van der Waals surface area contributed by atoms with Crippen molar-refractivity contribution in [2.24, 2.45) is 56.2 Å². The van der Waals surface area contributed by atoms with E-state index in [4.69, 9.17) is 0 Å². The van der Waals surface area contributed by atoms with Crippen molar-refractivity contribution in [2.45, 2.75) is 112 Å². The van der Waals surface area contributed by atoms with E-state index in [0.29, 0.717) is 11.8 Å². The fourth-order valence-corrected chi connectivity index (χ4v) is 11.4. The van der Waals surface area contributed by atoms with E-state index in [-0.39, 0.29) is 41.3 Å². The molecule has 0 aromatic rings. The molecule has 0 bridgehead atoms. The molecule has 5 rings (SSSR count). The van der Waals surface area contributed by atoms with E-state index in [2.05, 4.69) is 54.5 Å². The fraction of sp³-hybridized carbons (Fsp3) is 0.935. The Bertz CT molecular complexity index is 930. The average molecular weight is 505 g/mol. The number of hydrogen-bond acceptors (Lipinski definition) is 5. The zero-order valence-electron chi connectivity index (χ0n) is 23.7. The van der Waals surface area contributed by atoms with Crippen LogP contribution in [0.5, 0.6) is 0 Å². The van der Waals surface area contributed by atoms with Gasteiger partial charge in [0.1, 0.15) is 0 Å².